The Balaban J connectivity index is 2.25. The lowest BCUT2D eigenvalue weighted by Crippen LogP contribution is -2.29. The summed E-state index contributed by atoms with van der Waals surface area (Å²) in [6.07, 6.45) is 5.12. The average molecular weight is 247 g/mol. The van der Waals surface area contributed by atoms with Crippen molar-refractivity contribution in [1.82, 2.24) is 5.32 Å². The van der Waals surface area contributed by atoms with Crippen molar-refractivity contribution in [1.29, 1.82) is 0 Å². The summed E-state index contributed by atoms with van der Waals surface area (Å²) in [7, 11) is 0. The fourth-order valence-electron chi connectivity index (χ4n) is 1.75. The van der Waals surface area contributed by atoms with Crippen LogP contribution in [0.4, 0.5) is 0 Å². The van der Waals surface area contributed by atoms with Crippen molar-refractivity contribution >= 4 is 5.97 Å². The van der Waals surface area contributed by atoms with Gasteiger partial charge in [-0.3, -0.25) is 10.1 Å². The molecule has 1 aromatic rings. The van der Waals surface area contributed by atoms with Crippen LogP contribution in [0, 0.1) is 12.3 Å². The molecule has 1 aliphatic rings. The second kappa shape index (κ2) is 5.43. The fraction of sp³-hybridized carbons (Fsp3) is 0.308. The van der Waals surface area contributed by atoms with Crippen LogP contribution in [0.2, 0.25) is 0 Å². The monoisotopic (exact) mass is 247 g/mol. The normalized spacial score (nSPS) is 14.6. The Morgan fingerprint density at radius 3 is 2.83 bits per heavy atom. The van der Waals surface area contributed by atoms with E-state index in [0.717, 1.165) is 0 Å². The maximum Gasteiger partial charge on any atom is 0.325 e. The second-order valence-electron chi connectivity index (χ2n) is 3.76. The first-order chi connectivity index (χ1) is 8.72. The number of ether oxygens (including phenoxy) is 2. The lowest BCUT2D eigenvalue weighted by Gasteiger charge is -2.20. The van der Waals surface area contributed by atoms with E-state index in [9.17, 15) is 4.79 Å². The predicted molar refractivity (Wildman–Crippen MR) is 64.6 cm³/mol. The summed E-state index contributed by atoms with van der Waals surface area (Å²) >= 11 is 0. The van der Waals surface area contributed by atoms with Gasteiger partial charge in [-0.25, -0.2) is 0 Å². The minimum atomic E-state index is -0.984. The molecule has 0 bridgehead atoms. The van der Waals surface area contributed by atoms with Crippen molar-refractivity contribution in [3.05, 3.63) is 23.8 Å². The van der Waals surface area contributed by atoms with Gasteiger partial charge in [-0.2, -0.15) is 0 Å². The largest absolute Gasteiger partial charge is 0.486 e. The first kappa shape index (κ1) is 12.3. The molecule has 1 unspecified atom stereocenters. The number of aliphatic carboxylic acids is 1. The second-order valence-corrected chi connectivity index (χ2v) is 3.76. The van der Waals surface area contributed by atoms with Crippen LogP contribution in [0.25, 0.3) is 0 Å². The molecule has 0 spiro atoms. The van der Waals surface area contributed by atoms with E-state index in [1.807, 2.05) is 0 Å². The fourth-order valence-corrected chi connectivity index (χ4v) is 1.75. The minimum Gasteiger partial charge on any atom is -0.486 e. The van der Waals surface area contributed by atoms with Crippen LogP contribution in [0.1, 0.15) is 11.6 Å². The molecule has 0 aromatic heterocycles. The Morgan fingerprint density at radius 2 is 2.17 bits per heavy atom. The quantitative estimate of drug-likeness (QED) is 0.770. The molecule has 1 aromatic carbocycles. The van der Waals surface area contributed by atoms with Crippen LogP contribution in [0.15, 0.2) is 18.2 Å². The third-order valence-electron chi connectivity index (χ3n) is 2.55. The smallest absolute Gasteiger partial charge is 0.325 e. The molecule has 2 N–H and O–H groups in total. The molecule has 1 atom stereocenters. The molecule has 0 fully saturated rings. The number of benzene rings is 1. The van der Waals surface area contributed by atoms with Gasteiger partial charge in [-0.15, -0.1) is 6.42 Å². The van der Waals surface area contributed by atoms with E-state index in [4.69, 9.17) is 21.0 Å². The zero-order valence-electron chi connectivity index (χ0n) is 9.68. The van der Waals surface area contributed by atoms with E-state index in [1.54, 1.807) is 18.2 Å². The summed E-state index contributed by atoms with van der Waals surface area (Å²) in [5.74, 6) is 2.56. The van der Waals surface area contributed by atoms with Crippen LogP contribution in [0.5, 0.6) is 11.5 Å². The van der Waals surface area contributed by atoms with E-state index < -0.39 is 12.0 Å². The van der Waals surface area contributed by atoms with Crippen LogP contribution < -0.4 is 14.8 Å². The SMILES string of the molecule is C#CCNC(C(=O)O)c1ccc2c(c1)OCCO2. The molecule has 0 radical (unpaired) electrons. The van der Waals surface area contributed by atoms with E-state index in [1.165, 1.54) is 0 Å². The molecule has 1 aliphatic heterocycles. The first-order valence-corrected chi connectivity index (χ1v) is 5.51. The third-order valence-corrected chi connectivity index (χ3v) is 2.55. The number of nitrogens with one attached hydrogen (secondary N) is 1. The zero-order chi connectivity index (χ0) is 13.0. The molecule has 5 nitrogen and oxygen atoms in total. The third kappa shape index (κ3) is 2.55. The van der Waals surface area contributed by atoms with Crippen molar-refractivity contribution < 1.29 is 19.4 Å². The van der Waals surface area contributed by atoms with Crippen molar-refractivity contribution in [3.63, 3.8) is 0 Å². The molecular formula is C13H13NO4. The lowest BCUT2D eigenvalue weighted by atomic mass is 10.1. The number of fused-ring (bicyclic) bond motifs is 1. The highest BCUT2D eigenvalue weighted by Gasteiger charge is 2.21. The molecule has 1 heterocycles. The van der Waals surface area contributed by atoms with Gasteiger partial charge in [0.25, 0.3) is 0 Å². The average Bonchev–Trinajstić information content (AvgIpc) is 2.38. The Bertz CT molecular complexity index is 492. The molecule has 2 rings (SSSR count). The number of carboxylic acid groups (broad SMARTS) is 1. The molecule has 0 amide bonds. The molecule has 18 heavy (non-hydrogen) atoms. The highest BCUT2D eigenvalue weighted by atomic mass is 16.6. The maximum absolute atomic E-state index is 11.2. The van der Waals surface area contributed by atoms with E-state index in [2.05, 4.69) is 11.2 Å². The van der Waals surface area contributed by atoms with Gasteiger partial charge < -0.3 is 14.6 Å². The standard InChI is InChI=1S/C13H13NO4/c1-2-5-14-12(13(15)16)9-3-4-10-11(8-9)18-7-6-17-10/h1,3-4,8,12,14H,5-7H2,(H,15,16). The summed E-state index contributed by atoms with van der Waals surface area (Å²) in [4.78, 5) is 11.2. The molecule has 0 saturated carbocycles. The van der Waals surface area contributed by atoms with Gasteiger partial charge in [0.05, 0.1) is 6.54 Å². The van der Waals surface area contributed by atoms with Crippen LogP contribution >= 0.6 is 0 Å². The summed E-state index contributed by atoms with van der Waals surface area (Å²) in [5.41, 5.74) is 0.585. The Kier molecular flexibility index (Phi) is 3.70. The van der Waals surface area contributed by atoms with Gasteiger partial charge in [-0.1, -0.05) is 12.0 Å². The van der Waals surface area contributed by atoms with Crippen molar-refractivity contribution in [2.24, 2.45) is 0 Å². The molecule has 94 valence electrons. The predicted octanol–water partition coefficient (Wildman–Crippen LogP) is 0.806. The van der Waals surface area contributed by atoms with Gasteiger partial charge in [-0.05, 0) is 17.7 Å². The zero-order valence-corrected chi connectivity index (χ0v) is 9.68. The number of carboxylic acids is 1. The number of hydrogen-bond acceptors (Lipinski definition) is 4. The van der Waals surface area contributed by atoms with Crippen LogP contribution in [-0.4, -0.2) is 30.8 Å². The van der Waals surface area contributed by atoms with E-state index in [-0.39, 0.29) is 6.54 Å². The Hall–Kier alpha value is -2.19. The van der Waals surface area contributed by atoms with Gasteiger partial charge in [0.2, 0.25) is 0 Å². The van der Waals surface area contributed by atoms with Gasteiger partial charge in [0, 0.05) is 0 Å². The highest BCUT2D eigenvalue weighted by Crippen LogP contribution is 2.32. The highest BCUT2D eigenvalue weighted by molar-refractivity contribution is 5.76. The first-order valence-electron chi connectivity index (χ1n) is 5.51. The van der Waals surface area contributed by atoms with Gasteiger partial charge in [0.1, 0.15) is 19.3 Å². The molecular weight excluding hydrogens is 234 g/mol. The topological polar surface area (TPSA) is 67.8 Å². The molecule has 0 saturated heterocycles. The van der Waals surface area contributed by atoms with E-state index >= 15 is 0 Å². The Labute approximate surface area is 105 Å². The summed E-state index contributed by atoms with van der Waals surface area (Å²) in [5, 5.41) is 11.9. The molecule has 5 heteroatoms. The lowest BCUT2D eigenvalue weighted by molar-refractivity contribution is -0.139. The Morgan fingerprint density at radius 1 is 1.44 bits per heavy atom. The minimum absolute atomic E-state index is 0.186. The van der Waals surface area contributed by atoms with Crippen molar-refractivity contribution in [2.45, 2.75) is 6.04 Å². The maximum atomic E-state index is 11.2. The number of hydrogen-bond donors (Lipinski definition) is 2. The number of terminal acetylenes is 1. The van der Waals surface area contributed by atoms with Crippen LogP contribution in [-0.2, 0) is 4.79 Å². The van der Waals surface area contributed by atoms with Crippen molar-refractivity contribution in [2.75, 3.05) is 19.8 Å². The van der Waals surface area contributed by atoms with Crippen molar-refractivity contribution in [3.8, 4) is 23.8 Å². The number of carbonyl (C=O) groups is 1. The molecule has 0 aliphatic carbocycles. The van der Waals surface area contributed by atoms with Gasteiger partial charge in [0.15, 0.2) is 11.5 Å². The van der Waals surface area contributed by atoms with Gasteiger partial charge >= 0.3 is 5.97 Å². The summed E-state index contributed by atoms with van der Waals surface area (Å²) in [6.45, 7) is 1.15. The van der Waals surface area contributed by atoms with E-state index in [0.29, 0.717) is 30.3 Å². The summed E-state index contributed by atoms with van der Waals surface area (Å²) < 4.78 is 10.8. The van der Waals surface area contributed by atoms with Crippen LogP contribution in [0.3, 0.4) is 0 Å². The number of rotatable bonds is 4. The summed E-state index contributed by atoms with van der Waals surface area (Å²) in [6, 6.07) is 4.21.